The molecule has 0 fully saturated rings. The van der Waals surface area contributed by atoms with Crippen molar-refractivity contribution >= 4 is 15.9 Å². The molecule has 2 N–H and O–H groups in total. The van der Waals surface area contributed by atoms with Gasteiger partial charge in [-0.1, -0.05) is 33.8 Å². The van der Waals surface area contributed by atoms with Crippen LogP contribution in [0.5, 0.6) is 0 Å². The van der Waals surface area contributed by atoms with E-state index in [0.29, 0.717) is 30.5 Å². The average Bonchev–Trinajstić information content (AvgIpc) is 2.44. The first-order chi connectivity index (χ1) is 10.6. The van der Waals surface area contributed by atoms with Crippen molar-refractivity contribution in [2.75, 3.05) is 13.1 Å². The van der Waals surface area contributed by atoms with Crippen molar-refractivity contribution < 1.29 is 13.2 Å². The molecule has 0 bridgehead atoms. The monoisotopic (exact) mass is 340 g/mol. The first-order valence-electron chi connectivity index (χ1n) is 8.02. The topological polar surface area (TPSA) is 75.3 Å². The van der Waals surface area contributed by atoms with Gasteiger partial charge < -0.3 is 5.32 Å². The lowest BCUT2D eigenvalue weighted by Crippen LogP contribution is -2.29. The van der Waals surface area contributed by atoms with Gasteiger partial charge in [-0.15, -0.1) is 0 Å². The van der Waals surface area contributed by atoms with Gasteiger partial charge in [0.05, 0.1) is 4.90 Å². The molecule has 0 aliphatic carbocycles. The predicted molar refractivity (Wildman–Crippen MR) is 93.0 cm³/mol. The second kappa shape index (κ2) is 8.45. The molecule has 0 aliphatic rings. The summed E-state index contributed by atoms with van der Waals surface area (Å²) in [6.45, 7) is 10.8. The van der Waals surface area contributed by atoms with Crippen LogP contribution < -0.4 is 10.0 Å². The minimum Gasteiger partial charge on any atom is -0.352 e. The van der Waals surface area contributed by atoms with Gasteiger partial charge in [-0.3, -0.25) is 4.79 Å². The van der Waals surface area contributed by atoms with Gasteiger partial charge in [0.15, 0.2) is 0 Å². The van der Waals surface area contributed by atoms with Gasteiger partial charge in [-0.2, -0.15) is 0 Å². The molecule has 1 aromatic rings. The summed E-state index contributed by atoms with van der Waals surface area (Å²) in [6, 6.07) is 4.65. The zero-order valence-corrected chi connectivity index (χ0v) is 15.5. The zero-order valence-electron chi connectivity index (χ0n) is 14.6. The fourth-order valence-electron chi connectivity index (χ4n) is 1.97. The number of amides is 1. The summed E-state index contributed by atoms with van der Waals surface area (Å²) in [5.41, 5.74) is 1.16. The number of benzene rings is 1. The van der Waals surface area contributed by atoms with Crippen LogP contribution in [0.3, 0.4) is 0 Å². The normalized spacial score (nSPS) is 12.0. The molecule has 0 heterocycles. The van der Waals surface area contributed by atoms with Crippen LogP contribution in [0.25, 0.3) is 0 Å². The Morgan fingerprint density at radius 2 is 1.78 bits per heavy atom. The maximum atomic E-state index is 12.3. The van der Waals surface area contributed by atoms with Crippen LogP contribution in [0, 0.1) is 18.8 Å². The van der Waals surface area contributed by atoms with Gasteiger partial charge in [-0.05, 0) is 42.9 Å². The SMILES string of the molecule is Cc1ccc(S(=O)(=O)NCCC(C)C)cc1C(=O)NCC(C)C. The van der Waals surface area contributed by atoms with E-state index in [1.807, 2.05) is 27.7 Å². The average molecular weight is 340 g/mol. The van der Waals surface area contributed by atoms with Gasteiger partial charge in [0.1, 0.15) is 0 Å². The number of rotatable bonds is 8. The number of hydrogen-bond donors (Lipinski definition) is 2. The third-order valence-electron chi connectivity index (χ3n) is 3.45. The fourth-order valence-corrected chi connectivity index (χ4v) is 3.04. The van der Waals surface area contributed by atoms with E-state index >= 15 is 0 Å². The molecule has 1 rings (SSSR count). The highest BCUT2D eigenvalue weighted by Crippen LogP contribution is 2.16. The summed E-state index contributed by atoms with van der Waals surface area (Å²) in [7, 11) is -3.59. The Morgan fingerprint density at radius 1 is 1.13 bits per heavy atom. The number of aryl methyl sites for hydroxylation is 1. The van der Waals surface area contributed by atoms with Gasteiger partial charge in [0.25, 0.3) is 5.91 Å². The Morgan fingerprint density at radius 3 is 2.35 bits per heavy atom. The van der Waals surface area contributed by atoms with Crippen LogP contribution in [0.1, 0.15) is 50.0 Å². The summed E-state index contributed by atoms with van der Waals surface area (Å²) >= 11 is 0. The Kier molecular flexibility index (Phi) is 7.22. The van der Waals surface area contributed by atoms with Crippen LogP contribution in [0.15, 0.2) is 23.1 Å². The van der Waals surface area contributed by atoms with Crippen molar-refractivity contribution in [3.05, 3.63) is 29.3 Å². The Hall–Kier alpha value is -1.40. The largest absolute Gasteiger partial charge is 0.352 e. The minimum absolute atomic E-state index is 0.126. The Bertz CT molecular complexity index is 637. The predicted octanol–water partition coefficient (Wildman–Crippen LogP) is 2.71. The highest BCUT2D eigenvalue weighted by Gasteiger charge is 2.18. The first-order valence-corrected chi connectivity index (χ1v) is 9.50. The molecule has 1 aromatic carbocycles. The summed E-state index contributed by atoms with van der Waals surface area (Å²) in [4.78, 5) is 12.4. The van der Waals surface area contributed by atoms with Crippen LogP contribution in [-0.4, -0.2) is 27.4 Å². The number of nitrogens with one attached hydrogen (secondary N) is 2. The lowest BCUT2D eigenvalue weighted by atomic mass is 10.1. The highest BCUT2D eigenvalue weighted by molar-refractivity contribution is 7.89. The number of carbonyl (C=O) groups is 1. The molecular formula is C17H28N2O3S. The van der Waals surface area contributed by atoms with E-state index in [9.17, 15) is 13.2 Å². The van der Waals surface area contributed by atoms with Gasteiger partial charge in [0.2, 0.25) is 10.0 Å². The molecule has 1 amide bonds. The van der Waals surface area contributed by atoms with Crippen molar-refractivity contribution in [1.29, 1.82) is 0 Å². The van der Waals surface area contributed by atoms with Crippen LogP contribution in [0.2, 0.25) is 0 Å². The van der Waals surface area contributed by atoms with Crippen LogP contribution in [0.4, 0.5) is 0 Å². The van der Waals surface area contributed by atoms with Crippen LogP contribution in [-0.2, 0) is 10.0 Å². The van der Waals surface area contributed by atoms with Crippen molar-refractivity contribution in [2.24, 2.45) is 11.8 Å². The second-order valence-corrected chi connectivity index (χ2v) is 8.43. The lowest BCUT2D eigenvalue weighted by molar-refractivity contribution is 0.0948. The van der Waals surface area contributed by atoms with E-state index in [4.69, 9.17) is 0 Å². The number of hydrogen-bond acceptors (Lipinski definition) is 3. The second-order valence-electron chi connectivity index (χ2n) is 6.66. The molecule has 0 saturated heterocycles. The smallest absolute Gasteiger partial charge is 0.251 e. The Labute approximate surface area is 139 Å². The summed E-state index contributed by atoms with van der Waals surface area (Å²) in [5.74, 6) is 0.521. The van der Waals surface area contributed by atoms with E-state index < -0.39 is 10.0 Å². The highest BCUT2D eigenvalue weighted by atomic mass is 32.2. The minimum atomic E-state index is -3.59. The quantitative estimate of drug-likeness (QED) is 0.764. The molecule has 0 atom stereocenters. The molecule has 0 aliphatic heterocycles. The van der Waals surface area contributed by atoms with Crippen molar-refractivity contribution in [3.8, 4) is 0 Å². The van der Waals surface area contributed by atoms with E-state index in [1.54, 1.807) is 13.0 Å². The van der Waals surface area contributed by atoms with E-state index in [0.717, 1.165) is 12.0 Å². The van der Waals surface area contributed by atoms with Gasteiger partial charge >= 0.3 is 0 Å². The molecule has 0 saturated carbocycles. The Balaban J connectivity index is 2.93. The third kappa shape index (κ3) is 6.31. The summed E-state index contributed by atoms with van der Waals surface area (Å²) in [6.07, 6.45) is 0.771. The van der Waals surface area contributed by atoms with Crippen LogP contribution >= 0.6 is 0 Å². The molecular weight excluding hydrogens is 312 g/mol. The molecule has 0 radical (unpaired) electrons. The molecule has 0 spiro atoms. The molecule has 5 nitrogen and oxygen atoms in total. The number of carbonyl (C=O) groups excluding carboxylic acids is 1. The van der Waals surface area contributed by atoms with E-state index in [1.165, 1.54) is 12.1 Å². The van der Waals surface area contributed by atoms with Crippen molar-refractivity contribution in [3.63, 3.8) is 0 Å². The number of sulfonamides is 1. The maximum absolute atomic E-state index is 12.3. The molecule has 130 valence electrons. The fraction of sp³-hybridized carbons (Fsp3) is 0.588. The van der Waals surface area contributed by atoms with Gasteiger partial charge in [0, 0.05) is 18.7 Å². The van der Waals surface area contributed by atoms with E-state index in [-0.39, 0.29) is 10.8 Å². The molecule has 6 heteroatoms. The first kappa shape index (κ1) is 19.6. The standard InChI is InChI=1S/C17H28N2O3S/c1-12(2)8-9-19-23(21,22)15-7-6-14(5)16(10-15)17(20)18-11-13(3)4/h6-7,10,12-13,19H,8-9,11H2,1-5H3,(H,18,20). The molecule has 0 aromatic heterocycles. The van der Waals surface area contributed by atoms with Gasteiger partial charge in [-0.25, -0.2) is 13.1 Å². The van der Waals surface area contributed by atoms with Crippen molar-refractivity contribution in [2.45, 2.75) is 45.9 Å². The van der Waals surface area contributed by atoms with E-state index in [2.05, 4.69) is 10.0 Å². The zero-order chi connectivity index (χ0) is 17.6. The molecule has 23 heavy (non-hydrogen) atoms. The third-order valence-corrected chi connectivity index (χ3v) is 4.91. The molecule has 0 unspecified atom stereocenters. The summed E-state index contributed by atoms with van der Waals surface area (Å²) in [5, 5.41) is 2.82. The summed E-state index contributed by atoms with van der Waals surface area (Å²) < 4.78 is 27.2. The lowest BCUT2D eigenvalue weighted by Gasteiger charge is -2.12. The maximum Gasteiger partial charge on any atom is 0.251 e. The van der Waals surface area contributed by atoms with Crippen molar-refractivity contribution in [1.82, 2.24) is 10.0 Å².